The zero-order valence-electron chi connectivity index (χ0n) is 27.6. The van der Waals surface area contributed by atoms with Crippen molar-refractivity contribution in [1.82, 2.24) is 29.9 Å². The number of unbranched alkanes of at least 4 members (excludes halogenated alkanes) is 1. The minimum Gasteiger partial charge on any atom is -0.477 e. The summed E-state index contributed by atoms with van der Waals surface area (Å²) in [4.78, 5) is 37.2. The van der Waals surface area contributed by atoms with Gasteiger partial charge in [-0.25, -0.2) is 15.0 Å². The number of rotatable bonds is 10. The monoisotopic (exact) mass is 660 g/mol. The Morgan fingerprint density at radius 2 is 1.24 bits per heavy atom. The minimum atomic E-state index is -0.150. The molecule has 6 heterocycles. The molecule has 50 heavy (non-hydrogen) atoms. The van der Waals surface area contributed by atoms with Crippen molar-refractivity contribution in [2.45, 2.75) is 32.9 Å². The first-order valence-corrected chi connectivity index (χ1v) is 16.7. The summed E-state index contributed by atoms with van der Waals surface area (Å²) in [6.45, 7) is 4.17. The number of aromatic amines is 1. The van der Waals surface area contributed by atoms with Crippen LogP contribution < -0.4 is 20.9 Å². The van der Waals surface area contributed by atoms with E-state index in [9.17, 15) is 4.79 Å². The first kappa shape index (κ1) is 32.1. The summed E-state index contributed by atoms with van der Waals surface area (Å²) in [6.07, 6.45) is 12.5. The van der Waals surface area contributed by atoms with Crippen LogP contribution in [0.2, 0.25) is 0 Å². The lowest BCUT2D eigenvalue weighted by Gasteiger charge is -2.13. The van der Waals surface area contributed by atoms with Gasteiger partial charge >= 0.3 is 0 Å². The maximum Gasteiger partial charge on any atom is 0.258 e. The molecule has 8 rings (SSSR count). The highest BCUT2D eigenvalue weighted by Gasteiger charge is 2.14. The molecule has 0 spiro atoms. The van der Waals surface area contributed by atoms with Gasteiger partial charge < -0.3 is 20.4 Å². The molecule has 248 valence electrons. The van der Waals surface area contributed by atoms with Gasteiger partial charge in [0, 0.05) is 71.8 Å². The molecule has 0 saturated heterocycles. The summed E-state index contributed by atoms with van der Waals surface area (Å²) in [5, 5.41) is 12.0. The van der Waals surface area contributed by atoms with Crippen LogP contribution in [0.1, 0.15) is 30.9 Å². The fraction of sp³-hybridized carbons (Fsp3) is 0.150. The molecule has 10 nitrogen and oxygen atoms in total. The second-order valence-corrected chi connectivity index (χ2v) is 11.7. The van der Waals surface area contributed by atoms with Crippen LogP contribution in [0.25, 0.3) is 43.4 Å². The molecule has 0 fully saturated rings. The molecule has 0 aliphatic heterocycles. The molecule has 2 aromatic carbocycles. The molecule has 0 atom stereocenters. The van der Waals surface area contributed by atoms with E-state index in [-0.39, 0.29) is 5.56 Å². The third kappa shape index (κ3) is 7.05. The molecule has 0 bridgehead atoms. The fourth-order valence-corrected chi connectivity index (χ4v) is 5.82. The van der Waals surface area contributed by atoms with Gasteiger partial charge in [0.1, 0.15) is 11.6 Å². The van der Waals surface area contributed by atoms with Crippen molar-refractivity contribution < 1.29 is 4.74 Å². The highest BCUT2D eigenvalue weighted by molar-refractivity contribution is 6.12. The van der Waals surface area contributed by atoms with E-state index >= 15 is 0 Å². The summed E-state index contributed by atoms with van der Waals surface area (Å²) in [5.41, 5.74) is 3.74. The van der Waals surface area contributed by atoms with Crippen LogP contribution in [0.5, 0.6) is 5.88 Å². The predicted octanol–water partition coefficient (Wildman–Crippen LogP) is 8.05. The van der Waals surface area contributed by atoms with Crippen LogP contribution in [0.3, 0.4) is 0 Å². The molecule has 0 saturated carbocycles. The van der Waals surface area contributed by atoms with Crippen molar-refractivity contribution >= 4 is 55.0 Å². The van der Waals surface area contributed by atoms with Crippen molar-refractivity contribution in [2.75, 3.05) is 17.2 Å². The van der Waals surface area contributed by atoms with Crippen LogP contribution in [0.4, 0.5) is 11.6 Å². The lowest BCUT2D eigenvalue weighted by atomic mass is 10.1. The number of benzene rings is 2. The van der Waals surface area contributed by atoms with Gasteiger partial charge in [-0.15, -0.1) is 0 Å². The first-order chi connectivity index (χ1) is 24.7. The Labute approximate surface area is 288 Å². The molecule has 0 aliphatic carbocycles. The highest BCUT2D eigenvalue weighted by atomic mass is 16.5. The summed E-state index contributed by atoms with van der Waals surface area (Å²) in [6, 6.07) is 28.0. The van der Waals surface area contributed by atoms with Crippen molar-refractivity contribution in [3.8, 4) is 5.88 Å². The number of hydrogen-bond donors (Lipinski definition) is 3. The second-order valence-electron chi connectivity index (χ2n) is 11.7. The first-order valence-electron chi connectivity index (χ1n) is 16.7. The Hall–Kier alpha value is -6.42. The van der Waals surface area contributed by atoms with E-state index in [1.54, 1.807) is 37.1 Å². The summed E-state index contributed by atoms with van der Waals surface area (Å²) >= 11 is 0. The average molecular weight is 661 g/mol. The van der Waals surface area contributed by atoms with Gasteiger partial charge in [-0.3, -0.25) is 14.8 Å². The van der Waals surface area contributed by atoms with Crippen molar-refractivity contribution in [2.24, 2.45) is 0 Å². The van der Waals surface area contributed by atoms with E-state index in [1.807, 2.05) is 60.8 Å². The van der Waals surface area contributed by atoms with Crippen LogP contribution in [-0.2, 0) is 13.1 Å². The number of nitrogens with one attached hydrogen (secondary N) is 3. The van der Waals surface area contributed by atoms with Crippen LogP contribution in [0.15, 0.2) is 127 Å². The molecule has 0 amide bonds. The summed E-state index contributed by atoms with van der Waals surface area (Å²) in [7, 11) is 0. The molecular weight excluding hydrogens is 624 g/mol. The zero-order valence-corrected chi connectivity index (χ0v) is 27.6. The molecule has 3 N–H and O–H groups in total. The van der Waals surface area contributed by atoms with Crippen LogP contribution in [-0.4, -0.2) is 36.5 Å². The number of nitrogens with zero attached hydrogens (tertiary/aromatic N) is 5. The van der Waals surface area contributed by atoms with E-state index in [0.717, 1.165) is 56.9 Å². The van der Waals surface area contributed by atoms with Crippen LogP contribution >= 0.6 is 0 Å². The topological polar surface area (TPSA) is 131 Å². The number of aromatic nitrogens is 6. The SMILES string of the molecule is CCCCOc1nccc2nc(NCc3ccccc3)c3ccncc3c12.O=c1[nH]ccc2nc(NCc3ccccc3)c3ccncc3c12. The fourth-order valence-electron chi connectivity index (χ4n) is 5.82. The van der Waals surface area contributed by atoms with Gasteiger partial charge in [0.15, 0.2) is 0 Å². The minimum absolute atomic E-state index is 0.150. The lowest BCUT2D eigenvalue weighted by molar-refractivity contribution is 0.302. The maximum atomic E-state index is 12.1. The highest BCUT2D eigenvalue weighted by Crippen LogP contribution is 2.33. The van der Waals surface area contributed by atoms with E-state index in [2.05, 4.69) is 66.7 Å². The smallest absolute Gasteiger partial charge is 0.258 e. The van der Waals surface area contributed by atoms with E-state index < -0.39 is 0 Å². The quantitative estimate of drug-likeness (QED) is 0.0985. The van der Waals surface area contributed by atoms with E-state index in [1.165, 1.54) is 11.1 Å². The van der Waals surface area contributed by atoms with Gasteiger partial charge in [-0.05, 0) is 41.8 Å². The number of anilines is 2. The van der Waals surface area contributed by atoms with E-state index in [4.69, 9.17) is 9.72 Å². The molecule has 0 aliphatic rings. The lowest BCUT2D eigenvalue weighted by Crippen LogP contribution is -2.08. The number of H-pyrrole nitrogens is 1. The third-order valence-corrected chi connectivity index (χ3v) is 8.33. The molecule has 6 aromatic heterocycles. The summed E-state index contributed by atoms with van der Waals surface area (Å²) < 4.78 is 5.94. The van der Waals surface area contributed by atoms with Crippen LogP contribution in [0, 0.1) is 0 Å². The van der Waals surface area contributed by atoms with Gasteiger partial charge in [0.05, 0.1) is 28.4 Å². The second kappa shape index (κ2) is 15.2. The van der Waals surface area contributed by atoms with Crippen molar-refractivity contribution in [1.29, 1.82) is 0 Å². The summed E-state index contributed by atoms with van der Waals surface area (Å²) in [5.74, 6) is 2.22. The van der Waals surface area contributed by atoms with Gasteiger partial charge in [-0.2, -0.15) is 0 Å². The Balaban J connectivity index is 0.000000159. The number of fused-ring (bicyclic) bond motifs is 6. The van der Waals surface area contributed by atoms with Gasteiger partial charge in [0.2, 0.25) is 5.88 Å². The van der Waals surface area contributed by atoms with Crippen molar-refractivity contribution in [3.63, 3.8) is 0 Å². The number of hydrogen-bond acceptors (Lipinski definition) is 9. The van der Waals surface area contributed by atoms with Gasteiger partial charge in [-0.1, -0.05) is 74.0 Å². The molecule has 8 aromatic rings. The number of pyridine rings is 6. The molecule has 10 heteroatoms. The maximum absolute atomic E-state index is 12.1. The van der Waals surface area contributed by atoms with E-state index in [0.29, 0.717) is 36.5 Å². The Morgan fingerprint density at radius 3 is 1.84 bits per heavy atom. The predicted molar refractivity (Wildman–Crippen MR) is 200 cm³/mol. The van der Waals surface area contributed by atoms with Gasteiger partial charge in [0.25, 0.3) is 5.56 Å². The Kier molecular flexibility index (Phi) is 9.78. The molecule has 0 radical (unpaired) electrons. The molecule has 0 unspecified atom stereocenters. The largest absolute Gasteiger partial charge is 0.477 e. The Morgan fingerprint density at radius 1 is 0.660 bits per heavy atom. The average Bonchev–Trinajstić information content (AvgIpc) is 3.17. The standard InChI is InChI=1S/C22H22N4O.C18H14N4O/c1-2-3-13-27-22-20-18-15-23-11-9-17(18)21(26-19(20)10-12-24-22)25-14-16-7-5-4-6-8-16;23-18-16-14-11-19-8-6-13(14)17(22-15(16)7-9-20-18)21-10-12-4-2-1-3-5-12/h4-12,15H,2-3,13-14H2,1H3,(H,25,26);1-9,11H,10H2,(H,20,23)(H,21,22). The van der Waals surface area contributed by atoms with Crippen molar-refractivity contribution in [3.05, 3.63) is 144 Å². The third-order valence-electron chi connectivity index (χ3n) is 8.33. The Bertz CT molecular complexity index is 2440. The zero-order chi connectivity index (χ0) is 34.1. The number of ether oxygens (including phenoxy) is 1. The molecular formula is C40H36N8O2. The normalized spacial score (nSPS) is 11.0.